The van der Waals surface area contributed by atoms with Gasteiger partial charge in [-0.15, -0.1) is 0 Å². The predicted octanol–water partition coefficient (Wildman–Crippen LogP) is 0.914. The molecule has 0 atom stereocenters. The quantitative estimate of drug-likeness (QED) is 0.803. The molecule has 0 aliphatic carbocycles. The summed E-state index contributed by atoms with van der Waals surface area (Å²) in [4.78, 5) is 11.3. The number of rotatable bonds is 3. The molecule has 0 spiro atoms. The van der Waals surface area contributed by atoms with Crippen molar-refractivity contribution in [3.63, 3.8) is 0 Å². The molecule has 1 aromatic heterocycles. The minimum atomic E-state index is -0.523. The Morgan fingerprint density at radius 2 is 2.11 bits per heavy atom. The van der Waals surface area contributed by atoms with Crippen molar-refractivity contribution in [3.8, 4) is 5.69 Å². The summed E-state index contributed by atoms with van der Waals surface area (Å²) >= 11 is 5.01. The largest absolute Gasteiger partial charge is 0.389 e. The summed E-state index contributed by atoms with van der Waals surface area (Å²) in [5, 5.41) is 4.08. The number of thiocarbonyl (C=S) groups is 1. The number of aryl methyl sites for hydroxylation is 1. The lowest BCUT2D eigenvalue weighted by Crippen LogP contribution is -2.14. The first-order valence-corrected chi connectivity index (χ1v) is 5.65. The lowest BCUT2D eigenvalue weighted by Gasteiger charge is -2.09. The zero-order valence-electron chi connectivity index (χ0n) is 9.75. The summed E-state index contributed by atoms with van der Waals surface area (Å²) in [6, 6.07) is 5.65. The maximum atomic E-state index is 11.0. The van der Waals surface area contributed by atoms with Gasteiger partial charge in [0.15, 0.2) is 0 Å². The fourth-order valence-electron chi connectivity index (χ4n) is 1.63. The van der Waals surface area contributed by atoms with E-state index in [0.29, 0.717) is 11.1 Å². The van der Waals surface area contributed by atoms with Crippen LogP contribution in [-0.2, 0) is 0 Å². The number of nitrogens with zero attached hydrogens (tertiary/aromatic N) is 2. The highest BCUT2D eigenvalue weighted by atomic mass is 32.1. The van der Waals surface area contributed by atoms with Crippen molar-refractivity contribution in [1.82, 2.24) is 9.78 Å². The molecule has 4 N–H and O–H groups in total. The van der Waals surface area contributed by atoms with Gasteiger partial charge in [0.2, 0.25) is 0 Å². The zero-order valence-corrected chi connectivity index (χ0v) is 10.6. The van der Waals surface area contributed by atoms with Gasteiger partial charge in [0.05, 0.1) is 17.4 Å². The normalized spacial score (nSPS) is 10.3. The zero-order chi connectivity index (χ0) is 13.3. The van der Waals surface area contributed by atoms with Gasteiger partial charge in [-0.25, -0.2) is 4.68 Å². The maximum Gasteiger partial charge on any atom is 0.251 e. The van der Waals surface area contributed by atoms with Crippen LogP contribution in [0.2, 0.25) is 0 Å². The molecule has 0 aliphatic rings. The van der Waals surface area contributed by atoms with Crippen LogP contribution in [0.5, 0.6) is 0 Å². The molecule has 0 bridgehead atoms. The Morgan fingerprint density at radius 3 is 2.67 bits per heavy atom. The van der Waals surface area contributed by atoms with Gasteiger partial charge in [-0.3, -0.25) is 4.79 Å². The van der Waals surface area contributed by atoms with Crippen LogP contribution in [0.4, 0.5) is 0 Å². The summed E-state index contributed by atoms with van der Waals surface area (Å²) < 4.78 is 1.54. The number of benzene rings is 1. The summed E-state index contributed by atoms with van der Waals surface area (Å²) in [7, 11) is 0. The summed E-state index contributed by atoms with van der Waals surface area (Å²) in [5.74, 6) is -0.523. The maximum absolute atomic E-state index is 11.0. The third-order valence-corrected chi connectivity index (χ3v) is 2.75. The molecule has 1 amide bonds. The molecule has 0 aliphatic heterocycles. The van der Waals surface area contributed by atoms with E-state index >= 15 is 0 Å². The van der Waals surface area contributed by atoms with Gasteiger partial charge in [0.1, 0.15) is 4.99 Å². The van der Waals surface area contributed by atoms with Crippen molar-refractivity contribution in [2.75, 3.05) is 0 Å². The smallest absolute Gasteiger partial charge is 0.251 e. The second kappa shape index (κ2) is 4.58. The Labute approximate surface area is 109 Å². The van der Waals surface area contributed by atoms with E-state index in [1.54, 1.807) is 6.20 Å². The topological polar surface area (TPSA) is 86.9 Å². The molecule has 1 heterocycles. The van der Waals surface area contributed by atoms with Crippen molar-refractivity contribution < 1.29 is 4.79 Å². The van der Waals surface area contributed by atoms with Crippen LogP contribution in [0, 0.1) is 6.92 Å². The number of aromatic nitrogens is 2. The van der Waals surface area contributed by atoms with Crippen molar-refractivity contribution in [2.24, 2.45) is 11.5 Å². The van der Waals surface area contributed by atoms with Crippen LogP contribution in [0.25, 0.3) is 5.69 Å². The van der Waals surface area contributed by atoms with E-state index in [1.807, 2.05) is 25.1 Å². The van der Waals surface area contributed by atoms with Gasteiger partial charge in [-0.05, 0) is 19.1 Å². The minimum absolute atomic E-state index is 0.282. The standard InChI is InChI=1S/C12H12N4OS/c1-7-2-3-10(9(4-7)12(14)18)16-6-8(5-15-16)11(13)17/h2-6H,1H3,(H2,13,17)(H2,14,18). The highest BCUT2D eigenvalue weighted by molar-refractivity contribution is 7.80. The molecule has 0 unspecified atom stereocenters. The van der Waals surface area contributed by atoms with Crippen molar-refractivity contribution in [2.45, 2.75) is 6.92 Å². The summed E-state index contributed by atoms with van der Waals surface area (Å²) in [5.41, 5.74) is 13.7. The number of carbonyl (C=O) groups is 1. The van der Waals surface area contributed by atoms with E-state index in [0.717, 1.165) is 11.3 Å². The van der Waals surface area contributed by atoms with Crippen LogP contribution in [0.15, 0.2) is 30.6 Å². The van der Waals surface area contributed by atoms with Gasteiger partial charge < -0.3 is 11.5 Å². The second-order valence-corrected chi connectivity index (χ2v) is 4.36. The first-order chi connectivity index (χ1) is 8.49. The fourth-order valence-corrected chi connectivity index (χ4v) is 1.79. The molecule has 0 fully saturated rings. The van der Waals surface area contributed by atoms with Crippen LogP contribution in [0.1, 0.15) is 21.5 Å². The molecule has 5 nitrogen and oxygen atoms in total. The number of hydrogen-bond donors (Lipinski definition) is 2. The molecule has 0 saturated heterocycles. The lowest BCUT2D eigenvalue weighted by molar-refractivity contribution is 0.100. The SMILES string of the molecule is Cc1ccc(-n2cc(C(N)=O)cn2)c(C(N)=S)c1. The van der Waals surface area contributed by atoms with E-state index < -0.39 is 5.91 Å². The molecule has 92 valence electrons. The monoisotopic (exact) mass is 260 g/mol. The molecule has 0 radical (unpaired) electrons. The highest BCUT2D eigenvalue weighted by Crippen LogP contribution is 2.16. The molecule has 18 heavy (non-hydrogen) atoms. The molecule has 2 aromatic rings. The third kappa shape index (κ3) is 2.23. The van der Waals surface area contributed by atoms with Gasteiger partial charge in [0, 0.05) is 11.8 Å². The van der Waals surface area contributed by atoms with Gasteiger partial charge in [-0.1, -0.05) is 23.8 Å². The lowest BCUT2D eigenvalue weighted by atomic mass is 10.1. The molecule has 2 rings (SSSR count). The molecule has 6 heteroatoms. The Bertz CT molecular complexity index is 633. The van der Waals surface area contributed by atoms with Crippen LogP contribution in [0.3, 0.4) is 0 Å². The van der Waals surface area contributed by atoms with Crippen molar-refractivity contribution in [1.29, 1.82) is 0 Å². The fraction of sp³-hybridized carbons (Fsp3) is 0.0833. The average Bonchev–Trinajstić information content (AvgIpc) is 2.78. The first-order valence-electron chi connectivity index (χ1n) is 5.24. The molecule has 1 aromatic carbocycles. The van der Waals surface area contributed by atoms with Crippen LogP contribution < -0.4 is 11.5 Å². The van der Waals surface area contributed by atoms with Gasteiger partial charge in [0.25, 0.3) is 5.91 Å². The van der Waals surface area contributed by atoms with Crippen molar-refractivity contribution in [3.05, 3.63) is 47.3 Å². The summed E-state index contributed by atoms with van der Waals surface area (Å²) in [6.07, 6.45) is 2.96. The Kier molecular flexibility index (Phi) is 3.12. The second-order valence-electron chi connectivity index (χ2n) is 3.92. The van der Waals surface area contributed by atoms with Gasteiger partial charge >= 0.3 is 0 Å². The van der Waals surface area contributed by atoms with E-state index in [-0.39, 0.29) is 4.99 Å². The van der Waals surface area contributed by atoms with Crippen LogP contribution in [-0.4, -0.2) is 20.7 Å². The van der Waals surface area contributed by atoms with E-state index in [2.05, 4.69) is 5.10 Å². The highest BCUT2D eigenvalue weighted by Gasteiger charge is 2.10. The molecular formula is C12H12N4OS. The van der Waals surface area contributed by atoms with Gasteiger partial charge in [-0.2, -0.15) is 5.10 Å². The molecular weight excluding hydrogens is 248 g/mol. The summed E-state index contributed by atoms with van der Waals surface area (Å²) in [6.45, 7) is 1.95. The Hall–Kier alpha value is -2.21. The van der Waals surface area contributed by atoms with Crippen LogP contribution >= 0.6 is 12.2 Å². The predicted molar refractivity (Wildman–Crippen MR) is 72.7 cm³/mol. The third-order valence-electron chi connectivity index (χ3n) is 2.53. The number of primary amides is 1. The van der Waals surface area contributed by atoms with Crippen molar-refractivity contribution >= 4 is 23.1 Å². The van der Waals surface area contributed by atoms with E-state index in [4.69, 9.17) is 23.7 Å². The Balaban J connectivity index is 2.55. The van der Waals surface area contributed by atoms with E-state index in [9.17, 15) is 4.79 Å². The number of nitrogens with two attached hydrogens (primary N) is 2. The first kappa shape index (κ1) is 12.3. The number of carbonyl (C=O) groups excluding carboxylic acids is 1. The number of hydrogen-bond acceptors (Lipinski definition) is 3. The minimum Gasteiger partial charge on any atom is -0.389 e. The number of amides is 1. The van der Waals surface area contributed by atoms with E-state index in [1.165, 1.54) is 10.9 Å². The average molecular weight is 260 g/mol. The molecule has 0 saturated carbocycles. The Morgan fingerprint density at radius 1 is 1.39 bits per heavy atom.